The third kappa shape index (κ3) is 2.24. The van der Waals surface area contributed by atoms with Gasteiger partial charge >= 0.3 is 0 Å². The molecule has 3 aromatic rings. The third-order valence-electron chi connectivity index (χ3n) is 6.42. The molecule has 1 saturated carbocycles. The molecular weight excluding hydrogens is 304 g/mol. The van der Waals surface area contributed by atoms with E-state index in [0.717, 1.165) is 28.6 Å². The second-order valence-electron chi connectivity index (χ2n) is 8.05. The van der Waals surface area contributed by atoms with Crippen LogP contribution < -0.4 is 0 Å². The Morgan fingerprint density at radius 3 is 2.52 bits per heavy atom. The molecule has 0 aliphatic heterocycles. The second-order valence-corrected chi connectivity index (χ2v) is 8.05. The Morgan fingerprint density at radius 1 is 0.920 bits per heavy atom. The Labute approximate surface area is 149 Å². The minimum Gasteiger partial charge on any atom is -0.254 e. The van der Waals surface area contributed by atoms with Crippen molar-refractivity contribution in [3.8, 4) is 22.6 Å². The molecule has 0 saturated heterocycles. The van der Waals surface area contributed by atoms with Crippen LogP contribution in [0.15, 0.2) is 60.8 Å². The van der Waals surface area contributed by atoms with Crippen LogP contribution in [-0.4, -0.2) is 9.97 Å². The summed E-state index contributed by atoms with van der Waals surface area (Å²) in [6.45, 7) is 4.82. The van der Waals surface area contributed by atoms with Crippen molar-refractivity contribution < 1.29 is 0 Å². The molecule has 3 aliphatic rings. The van der Waals surface area contributed by atoms with Crippen molar-refractivity contribution >= 4 is 0 Å². The van der Waals surface area contributed by atoms with E-state index in [2.05, 4.69) is 68.6 Å². The standard InChI is InChI=1S/C23H22N2/c1-23(2)17-11-16-12-22(24-14-18(16)19(23)13-17)21-10-6-9-20(25-21)15-7-4-3-5-8-15/h3-10,12,14,17,19H,11,13H2,1-2H3/t17-,19+/m1/s1. The molecule has 0 spiro atoms. The van der Waals surface area contributed by atoms with Crippen LogP contribution >= 0.6 is 0 Å². The Bertz CT molecular complexity index is 943. The fourth-order valence-corrected chi connectivity index (χ4v) is 4.64. The number of rotatable bonds is 2. The maximum absolute atomic E-state index is 4.86. The Morgan fingerprint density at radius 2 is 1.72 bits per heavy atom. The van der Waals surface area contributed by atoms with Gasteiger partial charge in [-0.1, -0.05) is 50.2 Å². The molecule has 1 fully saturated rings. The summed E-state index contributed by atoms with van der Waals surface area (Å²) in [6.07, 6.45) is 4.64. The van der Waals surface area contributed by atoms with Crippen LogP contribution in [0.2, 0.25) is 0 Å². The van der Waals surface area contributed by atoms with Gasteiger partial charge in [-0.25, -0.2) is 4.98 Å². The molecule has 25 heavy (non-hydrogen) atoms. The Hall–Kier alpha value is -2.48. The van der Waals surface area contributed by atoms with Crippen molar-refractivity contribution in [3.63, 3.8) is 0 Å². The van der Waals surface area contributed by atoms with Gasteiger partial charge in [0.1, 0.15) is 0 Å². The molecule has 2 aromatic heterocycles. The van der Waals surface area contributed by atoms with E-state index in [1.165, 1.54) is 24.0 Å². The monoisotopic (exact) mass is 326 g/mol. The molecule has 124 valence electrons. The first kappa shape index (κ1) is 14.8. The van der Waals surface area contributed by atoms with Crippen LogP contribution in [0.25, 0.3) is 22.6 Å². The van der Waals surface area contributed by atoms with E-state index in [9.17, 15) is 0 Å². The summed E-state index contributed by atoms with van der Waals surface area (Å²) >= 11 is 0. The summed E-state index contributed by atoms with van der Waals surface area (Å²) in [5.74, 6) is 1.51. The normalized spacial score (nSPS) is 22.8. The molecule has 2 bridgehead atoms. The molecule has 2 heterocycles. The number of hydrogen-bond acceptors (Lipinski definition) is 2. The van der Waals surface area contributed by atoms with Crippen LogP contribution in [0.4, 0.5) is 0 Å². The molecule has 2 nitrogen and oxygen atoms in total. The fraction of sp³-hybridized carbons (Fsp3) is 0.304. The Balaban J connectivity index is 1.53. The number of nitrogens with zero attached hydrogens (tertiary/aromatic N) is 2. The van der Waals surface area contributed by atoms with E-state index >= 15 is 0 Å². The lowest BCUT2D eigenvalue weighted by Crippen LogP contribution is -2.48. The van der Waals surface area contributed by atoms with Gasteiger partial charge in [0, 0.05) is 11.8 Å². The lowest BCUT2D eigenvalue weighted by molar-refractivity contribution is 0.0183. The summed E-state index contributed by atoms with van der Waals surface area (Å²) in [7, 11) is 0. The minimum atomic E-state index is 0.446. The summed E-state index contributed by atoms with van der Waals surface area (Å²) in [5.41, 5.74) is 7.50. The van der Waals surface area contributed by atoms with Gasteiger partial charge in [0.25, 0.3) is 0 Å². The van der Waals surface area contributed by atoms with Crippen LogP contribution in [0, 0.1) is 11.3 Å². The van der Waals surface area contributed by atoms with E-state index in [1.807, 2.05) is 6.07 Å². The molecule has 2 atom stereocenters. The van der Waals surface area contributed by atoms with Crippen LogP contribution in [0.3, 0.4) is 0 Å². The van der Waals surface area contributed by atoms with E-state index in [0.29, 0.717) is 11.3 Å². The highest BCUT2D eigenvalue weighted by atomic mass is 14.8. The van der Waals surface area contributed by atoms with Crippen molar-refractivity contribution in [3.05, 3.63) is 71.9 Å². The zero-order chi connectivity index (χ0) is 17.0. The van der Waals surface area contributed by atoms with Crippen molar-refractivity contribution in [2.75, 3.05) is 0 Å². The topological polar surface area (TPSA) is 25.8 Å². The maximum atomic E-state index is 4.86. The highest BCUT2D eigenvalue weighted by Gasteiger charge is 2.52. The van der Waals surface area contributed by atoms with Gasteiger partial charge in [-0.2, -0.15) is 0 Å². The van der Waals surface area contributed by atoms with Crippen molar-refractivity contribution in [1.29, 1.82) is 0 Å². The summed E-state index contributed by atoms with van der Waals surface area (Å²) in [5, 5.41) is 0. The number of aromatic nitrogens is 2. The first-order valence-electron chi connectivity index (χ1n) is 9.14. The molecule has 2 heteroatoms. The van der Waals surface area contributed by atoms with E-state index in [1.54, 1.807) is 0 Å². The highest BCUT2D eigenvalue weighted by molar-refractivity contribution is 5.65. The van der Waals surface area contributed by atoms with Gasteiger partial charge in [-0.05, 0) is 59.4 Å². The summed E-state index contributed by atoms with van der Waals surface area (Å²) in [4.78, 5) is 9.63. The van der Waals surface area contributed by atoms with Gasteiger partial charge in [0.15, 0.2) is 0 Å². The predicted octanol–water partition coefficient (Wildman–Crippen LogP) is 5.50. The average molecular weight is 326 g/mol. The minimum absolute atomic E-state index is 0.446. The van der Waals surface area contributed by atoms with E-state index in [4.69, 9.17) is 9.97 Å². The zero-order valence-electron chi connectivity index (χ0n) is 14.7. The molecule has 1 aromatic carbocycles. The van der Waals surface area contributed by atoms with E-state index in [-0.39, 0.29) is 0 Å². The van der Waals surface area contributed by atoms with Crippen molar-refractivity contribution in [1.82, 2.24) is 9.97 Å². The quantitative estimate of drug-likeness (QED) is 0.622. The molecule has 0 unspecified atom stereocenters. The maximum Gasteiger partial charge on any atom is 0.0893 e. The molecule has 0 amide bonds. The van der Waals surface area contributed by atoms with Crippen LogP contribution in [0.1, 0.15) is 37.3 Å². The Kier molecular flexibility index (Phi) is 3.12. The van der Waals surface area contributed by atoms with Crippen LogP contribution in [0.5, 0.6) is 0 Å². The van der Waals surface area contributed by atoms with Gasteiger partial charge in [-0.3, -0.25) is 4.98 Å². The first-order chi connectivity index (χ1) is 12.1. The van der Waals surface area contributed by atoms with Gasteiger partial charge < -0.3 is 0 Å². The van der Waals surface area contributed by atoms with Crippen LogP contribution in [-0.2, 0) is 6.42 Å². The smallest absolute Gasteiger partial charge is 0.0893 e. The number of hydrogen-bond donors (Lipinski definition) is 0. The van der Waals surface area contributed by atoms with Crippen molar-refractivity contribution in [2.45, 2.75) is 32.6 Å². The van der Waals surface area contributed by atoms with Crippen molar-refractivity contribution in [2.24, 2.45) is 11.3 Å². The first-order valence-corrected chi connectivity index (χ1v) is 9.14. The van der Waals surface area contributed by atoms with Gasteiger partial charge in [0.05, 0.1) is 17.1 Å². The lowest BCUT2D eigenvalue weighted by atomic mass is 9.47. The van der Waals surface area contributed by atoms with Gasteiger partial charge in [0.2, 0.25) is 0 Å². The molecule has 3 aliphatic carbocycles. The average Bonchev–Trinajstić information content (AvgIpc) is 2.67. The fourth-order valence-electron chi connectivity index (χ4n) is 4.64. The predicted molar refractivity (Wildman–Crippen MR) is 101 cm³/mol. The summed E-state index contributed by atoms with van der Waals surface area (Å²) in [6, 6.07) is 18.8. The highest BCUT2D eigenvalue weighted by Crippen LogP contribution is 2.62. The van der Waals surface area contributed by atoms with Gasteiger partial charge in [-0.15, -0.1) is 0 Å². The third-order valence-corrected chi connectivity index (χ3v) is 6.42. The SMILES string of the molecule is CC1(C)[C@@H]2Cc3cc(-c4cccc(-c5ccccc5)n4)ncc3[C@@H]1C2. The number of benzene rings is 1. The molecule has 0 N–H and O–H groups in total. The zero-order valence-corrected chi connectivity index (χ0v) is 14.7. The largest absolute Gasteiger partial charge is 0.254 e. The molecular formula is C23H22N2. The number of pyridine rings is 2. The lowest BCUT2D eigenvalue weighted by Gasteiger charge is -2.57. The molecule has 0 radical (unpaired) electrons. The van der Waals surface area contributed by atoms with E-state index < -0.39 is 0 Å². The summed E-state index contributed by atoms with van der Waals surface area (Å²) < 4.78 is 0. The second kappa shape index (κ2) is 5.26. The molecule has 6 rings (SSSR count).